The van der Waals surface area contributed by atoms with Crippen LogP contribution in [0.5, 0.6) is 5.75 Å². The first-order chi connectivity index (χ1) is 16.9. The SMILES string of the molecule is COC(=O)[C@@H](C)[C@H](c1ccc2c(c1)N(C)C(c1ccc(-c3cc(C)ccc3F)cc1)CO2)C1CC1. The van der Waals surface area contributed by atoms with Gasteiger partial charge in [-0.25, -0.2) is 4.39 Å². The third kappa shape index (κ3) is 4.52. The first-order valence-electron chi connectivity index (χ1n) is 12.3. The van der Waals surface area contributed by atoms with E-state index in [0.717, 1.165) is 46.5 Å². The molecule has 0 aromatic heterocycles. The lowest BCUT2D eigenvalue weighted by molar-refractivity contribution is -0.145. The smallest absolute Gasteiger partial charge is 0.309 e. The van der Waals surface area contributed by atoms with E-state index in [4.69, 9.17) is 9.47 Å². The number of ether oxygens (including phenoxy) is 2. The Kier molecular flexibility index (Phi) is 6.26. The minimum atomic E-state index is -0.214. The fraction of sp³-hybridized carbons (Fsp3) is 0.367. The van der Waals surface area contributed by atoms with Crippen LogP contribution in [0.2, 0.25) is 0 Å². The van der Waals surface area contributed by atoms with Crippen LogP contribution in [-0.2, 0) is 9.53 Å². The molecular weight excluding hydrogens is 441 g/mol. The summed E-state index contributed by atoms with van der Waals surface area (Å²) in [5, 5.41) is 0. The molecule has 1 fully saturated rings. The minimum absolute atomic E-state index is 0.0339. The molecule has 1 aliphatic carbocycles. The second kappa shape index (κ2) is 9.37. The van der Waals surface area contributed by atoms with Crippen LogP contribution in [-0.4, -0.2) is 26.7 Å². The van der Waals surface area contributed by atoms with Gasteiger partial charge >= 0.3 is 5.97 Å². The number of nitrogens with zero attached hydrogens (tertiary/aromatic N) is 1. The number of rotatable bonds is 6. The van der Waals surface area contributed by atoms with Crippen molar-refractivity contribution in [3.8, 4) is 16.9 Å². The van der Waals surface area contributed by atoms with Crippen LogP contribution >= 0.6 is 0 Å². The largest absolute Gasteiger partial charge is 0.489 e. The predicted molar refractivity (Wildman–Crippen MR) is 136 cm³/mol. The maximum absolute atomic E-state index is 14.4. The van der Waals surface area contributed by atoms with Crippen LogP contribution in [0, 0.1) is 24.6 Å². The van der Waals surface area contributed by atoms with Gasteiger partial charge in [-0.05, 0) is 72.6 Å². The molecule has 0 bridgehead atoms. The van der Waals surface area contributed by atoms with Crippen LogP contribution in [0.1, 0.15) is 48.4 Å². The number of carbonyl (C=O) groups excluding carboxylic acids is 1. The first-order valence-corrected chi connectivity index (χ1v) is 12.3. The number of fused-ring (bicyclic) bond motifs is 1. The Labute approximate surface area is 206 Å². The van der Waals surface area contributed by atoms with E-state index in [2.05, 4.69) is 36.2 Å². The average molecular weight is 474 g/mol. The van der Waals surface area contributed by atoms with Crippen LogP contribution in [0.15, 0.2) is 60.7 Å². The fourth-order valence-electron chi connectivity index (χ4n) is 5.41. The van der Waals surface area contributed by atoms with Gasteiger partial charge in [0.1, 0.15) is 18.2 Å². The summed E-state index contributed by atoms with van der Waals surface area (Å²) in [5.74, 6) is 0.950. The van der Waals surface area contributed by atoms with Crippen molar-refractivity contribution in [2.45, 2.75) is 38.6 Å². The van der Waals surface area contributed by atoms with Crippen LogP contribution < -0.4 is 9.64 Å². The molecule has 3 aromatic rings. The van der Waals surface area contributed by atoms with Crippen LogP contribution in [0.25, 0.3) is 11.1 Å². The lowest BCUT2D eigenvalue weighted by atomic mass is 9.83. The molecule has 3 aromatic carbocycles. The molecule has 182 valence electrons. The third-order valence-electron chi connectivity index (χ3n) is 7.58. The van der Waals surface area contributed by atoms with E-state index >= 15 is 0 Å². The zero-order chi connectivity index (χ0) is 24.7. The van der Waals surface area contributed by atoms with E-state index in [9.17, 15) is 9.18 Å². The van der Waals surface area contributed by atoms with Crippen molar-refractivity contribution < 1.29 is 18.7 Å². The van der Waals surface area contributed by atoms with Crippen molar-refractivity contribution in [1.29, 1.82) is 0 Å². The summed E-state index contributed by atoms with van der Waals surface area (Å²) in [4.78, 5) is 14.6. The molecule has 5 heteroatoms. The second-order valence-electron chi connectivity index (χ2n) is 9.95. The lowest BCUT2D eigenvalue weighted by Crippen LogP contribution is -2.33. The number of anilines is 1. The molecule has 5 rings (SSSR count). The summed E-state index contributed by atoms with van der Waals surface area (Å²) < 4.78 is 25.6. The van der Waals surface area contributed by atoms with Gasteiger partial charge in [-0.3, -0.25) is 4.79 Å². The zero-order valence-corrected chi connectivity index (χ0v) is 20.8. The lowest BCUT2D eigenvalue weighted by Gasteiger charge is -2.37. The topological polar surface area (TPSA) is 38.8 Å². The maximum atomic E-state index is 14.4. The normalized spacial score (nSPS) is 18.9. The summed E-state index contributed by atoms with van der Waals surface area (Å²) in [6.45, 7) is 4.47. The summed E-state index contributed by atoms with van der Waals surface area (Å²) >= 11 is 0. The number of carbonyl (C=O) groups is 1. The fourth-order valence-corrected chi connectivity index (χ4v) is 5.41. The zero-order valence-electron chi connectivity index (χ0n) is 20.8. The Morgan fingerprint density at radius 2 is 1.83 bits per heavy atom. The number of likely N-dealkylation sites (N-methyl/N-ethyl adjacent to an activating group) is 1. The molecule has 0 radical (unpaired) electrons. The Morgan fingerprint density at radius 3 is 2.51 bits per heavy atom. The Balaban J connectivity index is 1.42. The van der Waals surface area contributed by atoms with E-state index < -0.39 is 0 Å². The molecule has 4 nitrogen and oxygen atoms in total. The van der Waals surface area contributed by atoms with Gasteiger partial charge in [0.15, 0.2) is 0 Å². The maximum Gasteiger partial charge on any atom is 0.309 e. The van der Waals surface area contributed by atoms with E-state index in [1.165, 1.54) is 13.2 Å². The van der Waals surface area contributed by atoms with E-state index in [1.807, 2.05) is 38.1 Å². The number of methoxy groups -OCH3 is 1. The van der Waals surface area contributed by atoms with E-state index in [1.54, 1.807) is 6.07 Å². The van der Waals surface area contributed by atoms with E-state index in [-0.39, 0.29) is 29.7 Å². The molecule has 0 amide bonds. The van der Waals surface area contributed by atoms with Gasteiger partial charge in [0.2, 0.25) is 0 Å². The van der Waals surface area contributed by atoms with Gasteiger partial charge in [-0.15, -0.1) is 0 Å². The molecule has 1 aliphatic heterocycles. The van der Waals surface area contributed by atoms with Gasteiger partial charge in [0.25, 0.3) is 0 Å². The molecule has 0 spiro atoms. The number of esters is 1. The summed E-state index contributed by atoms with van der Waals surface area (Å²) in [7, 11) is 3.54. The monoisotopic (exact) mass is 473 g/mol. The van der Waals surface area contributed by atoms with Gasteiger partial charge < -0.3 is 14.4 Å². The molecular formula is C30H32FNO3. The highest BCUT2D eigenvalue weighted by atomic mass is 19.1. The molecule has 1 heterocycles. The van der Waals surface area contributed by atoms with Crippen molar-refractivity contribution in [3.63, 3.8) is 0 Å². The van der Waals surface area contributed by atoms with Crippen LogP contribution in [0.3, 0.4) is 0 Å². The van der Waals surface area contributed by atoms with Gasteiger partial charge in [0.05, 0.1) is 24.8 Å². The number of aryl methyl sites for hydroxylation is 1. The van der Waals surface area contributed by atoms with Crippen LogP contribution in [0.4, 0.5) is 10.1 Å². The second-order valence-corrected chi connectivity index (χ2v) is 9.95. The highest BCUT2D eigenvalue weighted by Crippen LogP contribution is 2.49. The molecule has 0 saturated heterocycles. The molecule has 2 aliphatic rings. The summed E-state index contributed by atoms with van der Waals surface area (Å²) in [6, 6.07) is 19.6. The predicted octanol–water partition coefficient (Wildman–Crippen LogP) is 6.67. The van der Waals surface area contributed by atoms with Crippen molar-refractivity contribution >= 4 is 11.7 Å². The Morgan fingerprint density at radius 1 is 1.09 bits per heavy atom. The van der Waals surface area contributed by atoms with Crippen molar-refractivity contribution in [2.24, 2.45) is 11.8 Å². The number of benzene rings is 3. The average Bonchev–Trinajstić information content (AvgIpc) is 3.71. The summed E-state index contributed by atoms with van der Waals surface area (Å²) in [5.41, 5.74) is 5.80. The highest BCUT2D eigenvalue weighted by molar-refractivity contribution is 5.74. The van der Waals surface area contributed by atoms with E-state index in [0.29, 0.717) is 18.1 Å². The molecule has 3 atom stereocenters. The number of hydrogen-bond acceptors (Lipinski definition) is 4. The molecule has 1 unspecified atom stereocenters. The molecule has 35 heavy (non-hydrogen) atoms. The quantitative estimate of drug-likeness (QED) is 0.375. The first kappa shape index (κ1) is 23.4. The van der Waals surface area contributed by atoms with Crippen molar-refractivity contribution in [3.05, 3.63) is 83.2 Å². The minimum Gasteiger partial charge on any atom is -0.489 e. The number of hydrogen-bond donors (Lipinski definition) is 0. The summed E-state index contributed by atoms with van der Waals surface area (Å²) in [6.07, 6.45) is 2.29. The third-order valence-corrected chi connectivity index (χ3v) is 7.58. The molecule has 1 saturated carbocycles. The van der Waals surface area contributed by atoms with Crippen molar-refractivity contribution in [2.75, 3.05) is 25.7 Å². The van der Waals surface area contributed by atoms with Gasteiger partial charge in [0, 0.05) is 12.6 Å². The van der Waals surface area contributed by atoms with Gasteiger partial charge in [-0.1, -0.05) is 48.9 Å². The molecule has 0 N–H and O–H groups in total. The van der Waals surface area contributed by atoms with Crippen molar-refractivity contribution in [1.82, 2.24) is 0 Å². The standard InChI is InChI=1S/C30H32FNO3/c1-18-5-13-25(31)24(15-18)20-6-8-21(9-7-20)27-17-35-28-14-12-23(16-26(28)32(27)3)29(22-10-11-22)19(2)30(33)34-4/h5-9,12-16,19,22,27,29H,10-11,17H2,1-4H3/t19-,27?,29-/m0/s1. The van der Waals surface area contributed by atoms with Gasteiger partial charge in [-0.2, -0.15) is 0 Å². The Bertz CT molecular complexity index is 1230. The Hall–Kier alpha value is -3.34. The highest BCUT2D eigenvalue weighted by Gasteiger charge is 2.40. The number of halogens is 1.